The Morgan fingerprint density at radius 1 is 1.41 bits per heavy atom. The summed E-state index contributed by atoms with van der Waals surface area (Å²) in [5, 5.41) is 3.25. The third-order valence-corrected chi connectivity index (χ3v) is 2.17. The molecule has 0 aliphatic heterocycles. The molecule has 0 unspecified atom stereocenters. The van der Waals surface area contributed by atoms with Crippen LogP contribution in [0.4, 0.5) is 0 Å². The first kappa shape index (κ1) is 15.8. The molecule has 1 aromatic rings. The fourth-order valence-corrected chi connectivity index (χ4v) is 1.48. The van der Waals surface area contributed by atoms with Crippen LogP contribution in [0.25, 0.3) is 0 Å². The molecule has 0 spiro atoms. The molecule has 17 heavy (non-hydrogen) atoms. The molecule has 0 heterocycles. The average molecular weight is 257 g/mol. The molecule has 0 bridgehead atoms. The number of methoxy groups -OCH3 is 1. The maximum atomic E-state index is 5.60. The van der Waals surface area contributed by atoms with Crippen molar-refractivity contribution < 1.29 is 21.9 Å². The molecule has 0 radical (unpaired) electrons. The van der Waals surface area contributed by atoms with Crippen molar-refractivity contribution in [1.29, 1.82) is 0 Å². The molecule has 1 N–H and O–H groups in total. The average Bonchev–Trinajstić information content (AvgIpc) is 2.31. The fourth-order valence-electron chi connectivity index (χ4n) is 1.48. The predicted octanol–water partition coefficient (Wildman–Crippen LogP) is -0.626. The molecule has 0 aliphatic carbocycles. The Morgan fingerprint density at radius 2 is 2.18 bits per heavy atom. The van der Waals surface area contributed by atoms with E-state index in [0.29, 0.717) is 6.61 Å². The quantitative estimate of drug-likeness (QED) is 0.521. The van der Waals surface area contributed by atoms with Crippen LogP contribution in [0, 0.1) is 0 Å². The Labute approximate surface area is 109 Å². The summed E-state index contributed by atoms with van der Waals surface area (Å²) in [4.78, 5) is 0. The van der Waals surface area contributed by atoms with Crippen LogP contribution in [0.2, 0.25) is 0 Å². The number of benzene rings is 1. The van der Waals surface area contributed by atoms with Gasteiger partial charge in [0.15, 0.2) is 11.5 Å². The fraction of sp³-hybridized carbons (Fsp3) is 0.385. The van der Waals surface area contributed by atoms with Crippen LogP contribution in [0.1, 0.15) is 12.5 Å². The molecule has 1 rings (SSSR count). The van der Waals surface area contributed by atoms with E-state index in [9.17, 15) is 0 Å². The van der Waals surface area contributed by atoms with Gasteiger partial charge >= 0.3 is 0 Å². The third-order valence-electron chi connectivity index (χ3n) is 2.17. The van der Waals surface area contributed by atoms with Crippen LogP contribution < -0.4 is 27.2 Å². The molecule has 96 valence electrons. The van der Waals surface area contributed by atoms with E-state index in [1.165, 1.54) is 0 Å². The second kappa shape index (κ2) is 8.90. The van der Waals surface area contributed by atoms with Crippen LogP contribution in [-0.4, -0.2) is 20.3 Å². The summed E-state index contributed by atoms with van der Waals surface area (Å²) in [6.45, 7) is 7.79. The summed E-state index contributed by atoms with van der Waals surface area (Å²) < 4.78 is 10.9. The molecular weight excluding hydrogens is 238 g/mol. The highest BCUT2D eigenvalue weighted by atomic mass is 35.5. The van der Waals surface area contributed by atoms with E-state index in [-0.39, 0.29) is 12.4 Å². The van der Waals surface area contributed by atoms with Crippen molar-refractivity contribution in [3.05, 3.63) is 36.4 Å². The number of ether oxygens (including phenoxy) is 2. The lowest BCUT2D eigenvalue weighted by atomic mass is 10.2. The van der Waals surface area contributed by atoms with Gasteiger partial charge in [-0.3, -0.25) is 0 Å². The number of nitrogens with one attached hydrogen (secondary N) is 1. The highest BCUT2D eigenvalue weighted by molar-refractivity contribution is 5.46. The molecule has 0 aliphatic rings. The van der Waals surface area contributed by atoms with E-state index in [1.807, 2.05) is 31.2 Å². The van der Waals surface area contributed by atoms with Crippen LogP contribution >= 0.6 is 0 Å². The zero-order valence-corrected chi connectivity index (χ0v) is 11.1. The highest BCUT2D eigenvalue weighted by Gasteiger charge is 2.08. The largest absolute Gasteiger partial charge is 1.00 e. The van der Waals surface area contributed by atoms with Crippen molar-refractivity contribution in [3.8, 4) is 11.5 Å². The van der Waals surface area contributed by atoms with Gasteiger partial charge in [-0.2, -0.15) is 0 Å². The molecule has 0 amide bonds. The standard InChI is InChI=1S/C13H19NO2.ClH/c1-4-9-14-10-11-7-6-8-12(15-3)13(11)16-5-2;/h4,6-8,14H,1,5,9-10H2,2-3H3;1H/p-1. The monoisotopic (exact) mass is 256 g/mol. The number of hydrogen-bond donors (Lipinski definition) is 1. The molecule has 0 atom stereocenters. The summed E-state index contributed by atoms with van der Waals surface area (Å²) in [5.41, 5.74) is 1.10. The molecule has 0 aromatic heterocycles. The second-order valence-corrected chi connectivity index (χ2v) is 3.30. The molecule has 0 saturated heterocycles. The van der Waals surface area contributed by atoms with Gasteiger partial charge in [0.05, 0.1) is 13.7 Å². The Kier molecular flexibility index (Phi) is 8.28. The van der Waals surface area contributed by atoms with E-state index in [2.05, 4.69) is 11.9 Å². The number of hydrogen-bond acceptors (Lipinski definition) is 3. The smallest absolute Gasteiger partial charge is 0.165 e. The molecule has 1 aromatic carbocycles. The Hall–Kier alpha value is -1.19. The zero-order chi connectivity index (χ0) is 11.8. The van der Waals surface area contributed by atoms with E-state index >= 15 is 0 Å². The summed E-state index contributed by atoms with van der Waals surface area (Å²) in [7, 11) is 1.65. The topological polar surface area (TPSA) is 30.5 Å². The molecule has 0 saturated carbocycles. The van der Waals surface area contributed by atoms with Gasteiger partial charge < -0.3 is 27.2 Å². The number of rotatable bonds is 7. The third kappa shape index (κ3) is 4.67. The van der Waals surface area contributed by atoms with Gasteiger partial charge in [0.1, 0.15) is 0 Å². The first-order chi connectivity index (χ1) is 7.83. The van der Waals surface area contributed by atoms with Crippen LogP contribution in [0.5, 0.6) is 11.5 Å². The van der Waals surface area contributed by atoms with E-state index in [0.717, 1.165) is 30.2 Å². The minimum Gasteiger partial charge on any atom is -1.00 e. The van der Waals surface area contributed by atoms with E-state index in [1.54, 1.807) is 7.11 Å². The summed E-state index contributed by atoms with van der Waals surface area (Å²) in [6, 6.07) is 5.90. The molecule has 4 heteroatoms. The van der Waals surface area contributed by atoms with Crippen molar-refractivity contribution in [2.75, 3.05) is 20.3 Å². The Bertz CT molecular complexity index is 342. The van der Waals surface area contributed by atoms with Gasteiger partial charge in [0.2, 0.25) is 0 Å². The molecular formula is C13H19ClNO2-. The summed E-state index contributed by atoms with van der Waals surface area (Å²) >= 11 is 0. The summed E-state index contributed by atoms with van der Waals surface area (Å²) in [5.74, 6) is 1.60. The zero-order valence-electron chi connectivity index (χ0n) is 10.3. The lowest BCUT2D eigenvalue weighted by molar-refractivity contribution is -0.00000408. The van der Waals surface area contributed by atoms with Crippen LogP contribution in [-0.2, 0) is 6.54 Å². The van der Waals surface area contributed by atoms with Gasteiger partial charge in [0, 0.05) is 18.7 Å². The molecule has 3 nitrogen and oxygen atoms in total. The van der Waals surface area contributed by atoms with E-state index < -0.39 is 0 Å². The summed E-state index contributed by atoms with van der Waals surface area (Å²) in [6.07, 6.45) is 1.83. The van der Waals surface area contributed by atoms with Gasteiger partial charge in [-0.15, -0.1) is 6.58 Å². The highest BCUT2D eigenvalue weighted by Crippen LogP contribution is 2.30. The Balaban J connectivity index is 0.00000256. The van der Waals surface area contributed by atoms with Gasteiger partial charge in [-0.05, 0) is 13.0 Å². The SMILES string of the molecule is C=CCNCc1cccc(OC)c1OCC.[Cl-]. The van der Waals surface area contributed by atoms with E-state index in [4.69, 9.17) is 9.47 Å². The maximum absolute atomic E-state index is 5.60. The number of halogens is 1. The van der Waals surface area contributed by atoms with Crippen molar-refractivity contribution >= 4 is 0 Å². The predicted molar refractivity (Wildman–Crippen MR) is 66.1 cm³/mol. The minimum absolute atomic E-state index is 0. The first-order valence-corrected chi connectivity index (χ1v) is 5.43. The van der Waals surface area contributed by atoms with Crippen LogP contribution in [0.15, 0.2) is 30.9 Å². The normalized spacial score (nSPS) is 9.29. The Morgan fingerprint density at radius 3 is 2.76 bits per heavy atom. The maximum Gasteiger partial charge on any atom is 0.165 e. The molecule has 0 fully saturated rings. The van der Waals surface area contributed by atoms with Gasteiger partial charge in [-0.1, -0.05) is 18.2 Å². The van der Waals surface area contributed by atoms with Crippen molar-refractivity contribution in [2.24, 2.45) is 0 Å². The van der Waals surface area contributed by atoms with Crippen LogP contribution in [0.3, 0.4) is 0 Å². The first-order valence-electron chi connectivity index (χ1n) is 5.43. The van der Waals surface area contributed by atoms with Crippen molar-refractivity contribution in [1.82, 2.24) is 5.32 Å². The van der Waals surface area contributed by atoms with Crippen molar-refractivity contribution in [2.45, 2.75) is 13.5 Å². The lowest BCUT2D eigenvalue weighted by Gasteiger charge is -2.14. The lowest BCUT2D eigenvalue weighted by Crippen LogP contribution is -3.00. The van der Waals surface area contributed by atoms with Gasteiger partial charge in [-0.25, -0.2) is 0 Å². The minimum atomic E-state index is 0. The van der Waals surface area contributed by atoms with Gasteiger partial charge in [0.25, 0.3) is 0 Å². The number of para-hydroxylation sites is 1. The second-order valence-electron chi connectivity index (χ2n) is 3.30. The van der Waals surface area contributed by atoms with Crippen molar-refractivity contribution in [3.63, 3.8) is 0 Å².